The van der Waals surface area contributed by atoms with E-state index < -0.39 is 10.0 Å². The summed E-state index contributed by atoms with van der Waals surface area (Å²) in [6.07, 6.45) is 3.91. The first kappa shape index (κ1) is 18.7. The van der Waals surface area contributed by atoms with Gasteiger partial charge in [0.25, 0.3) is 15.9 Å². The van der Waals surface area contributed by atoms with E-state index in [1.807, 2.05) is 18.2 Å². The van der Waals surface area contributed by atoms with Crippen LogP contribution in [0, 0.1) is 0 Å². The quantitative estimate of drug-likeness (QED) is 0.654. The summed E-state index contributed by atoms with van der Waals surface area (Å²) >= 11 is 1.25. The molecule has 146 valence electrons. The molecule has 3 heterocycles. The third kappa shape index (κ3) is 3.81. The Labute approximate surface area is 165 Å². The summed E-state index contributed by atoms with van der Waals surface area (Å²) in [6.45, 7) is 0.772. The van der Waals surface area contributed by atoms with E-state index in [4.69, 9.17) is 0 Å². The van der Waals surface area contributed by atoms with Crippen LogP contribution in [0.4, 0.5) is 5.69 Å². The van der Waals surface area contributed by atoms with Crippen LogP contribution in [0.3, 0.4) is 0 Å². The first-order valence-corrected chi connectivity index (χ1v) is 11.0. The van der Waals surface area contributed by atoms with E-state index in [0.29, 0.717) is 36.6 Å². The summed E-state index contributed by atoms with van der Waals surface area (Å²) in [5.74, 6) is -0.210. The minimum absolute atomic E-state index is 0.0870. The van der Waals surface area contributed by atoms with Gasteiger partial charge in [0.05, 0.1) is 12.5 Å². The van der Waals surface area contributed by atoms with Gasteiger partial charge < -0.3 is 10.3 Å². The fraction of sp³-hybridized carbons (Fsp3) is 0.294. The van der Waals surface area contributed by atoms with Crippen LogP contribution in [0.2, 0.25) is 0 Å². The molecule has 2 N–H and O–H groups in total. The number of imidazole rings is 1. The van der Waals surface area contributed by atoms with Gasteiger partial charge in [0.1, 0.15) is 5.01 Å². The van der Waals surface area contributed by atoms with Gasteiger partial charge in [0.2, 0.25) is 5.01 Å². The molecule has 4 rings (SSSR count). The van der Waals surface area contributed by atoms with Crippen LogP contribution in [0.15, 0.2) is 47.9 Å². The van der Waals surface area contributed by atoms with Crippen molar-refractivity contribution in [3.8, 4) is 0 Å². The monoisotopic (exact) mass is 418 g/mol. The highest BCUT2D eigenvalue weighted by Crippen LogP contribution is 2.32. The molecule has 0 atom stereocenters. The molecule has 1 saturated heterocycles. The third-order valence-corrected chi connectivity index (χ3v) is 7.47. The number of nitrogens with one attached hydrogen (secondary N) is 2. The number of sulfonamides is 1. The SMILES string of the molecule is O=C(Nc1ccccc1)c1nnc(C2CCN(S(=O)(=O)c3cnc[nH]3)CC2)s1. The molecule has 1 aliphatic heterocycles. The van der Waals surface area contributed by atoms with Crippen molar-refractivity contribution in [1.29, 1.82) is 0 Å². The van der Waals surface area contributed by atoms with Crippen molar-refractivity contribution < 1.29 is 13.2 Å². The molecular formula is C17H18N6O3S2. The molecule has 0 saturated carbocycles. The highest BCUT2D eigenvalue weighted by Gasteiger charge is 2.32. The van der Waals surface area contributed by atoms with Crippen LogP contribution < -0.4 is 5.32 Å². The average molecular weight is 419 g/mol. The van der Waals surface area contributed by atoms with E-state index in [-0.39, 0.29) is 16.9 Å². The number of nitrogens with zero attached hydrogens (tertiary/aromatic N) is 4. The van der Waals surface area contributed by atoms with E-state index in [2.05, 4.69) is 25.5 Å². The van der Waals surface area contributed by atoms with Gasteiger partial charge in [-0.15, -0.1) is 10.2 Å². The maximum Gasteiger partial charge on any atom is 0.286 e. The van der Waals surface area contributed by atoms with Crippen molar-refractivity contribution >= 4 is 33.0 Å². The Kier molecular flexibility index (Phi) is 5.20. The Morgan fingerprint density at radius 1 is 1.18 bits per heavy atom. The number of hydrogen-bond donors (Lipinski definition) is 2. The van der Waals surface area contributed by atoms with Crippen LogP contribution in [0.1, 0.15) is 33.6 Å². The standard InChI is InChI=1S/C17H18N6O3S2/c24-15(20-13-4-2-1-3-5-13)17-22-21-16(27-17)12-6-8-23(9-7-12)28(25,26)14-10-18-11-19-14/h1-5,10-12H,6-9H2,(H,18,19)(H,20,24). The van der Waals surface area contributed by atoms with Crippen molar-refractivity contribution in [1.82, 2.24) is 24.5 Å². The minimum atomic E-state index is -3.55. The first-order chi connectivity index (χ1) is 13.5. The van der Waals surface area contributed by atoms with E-state index in [9.17, 15) is 13.2 Å². The minimum Gasteiger partial charge on any atom is -0.335 e. The second kappa shape index (κ2) is 7.78. The highest BCUT2D eigenvalue weighted by molar-refractivity contribution is 7.89. The first-order valence-electron chi connectivity index (χ1n) is 8.72. The smallest absolute Gasteiger partial charge is 0.286 e. The molecule has 1 aliphatic rings. The lowest BCUT2D eigenvalue weighted by molar-refractivity contribution is 0.102. The number of piperidine rings is 1. The van der Waals surface area contributed by atoms with Crippen LogP contribution in [0.25, 0.3) is 0 Å². The van der Waals surface area contributed by atoms with Gasteiger partial charge in [0.15, 0.2) is 5.03 Å². The summed E-state index contributed by atoms with van der Waals surface area (Å²) in [5.41, 5.74) is 0.696. The van der Waals surface area contributed by atoms with Crippen molar-refractivity contribution in [2.45, 2.75) is 23.8 Å². The predicted octanol–water partition coefficient (Wildman–Crippen LogP) is 2.08. The number of hydrogen-bond acceptors (Lipinski definition) is 7. The lowest BCUT2D eigenvalue weighted by Crippen LogP contribution is -2.38. The second-order valence-corrected chi connectivity index (χ2v) is 9.28. The van der Waals surface area contributed by atoms with E-state index in [1.54, 1.807) is 12.1 Å². The van der Waals surface area contributed by atoms with Crippen molar-refractivity contribution in [2.24, 2.45) is 0 Å². The fourth-order valence-electron chi connectivity index (χ4n) is 3.06. The molecule has 9 nitrogen and oxygen atoms in total. The molecule has 0 spiro atoms. The number of H-pyrrole nitrogens is 1. The zero-order chi connectivity index (χ0) is 19.6. The van der Waals surface area contributed by atoms with Crippen molar-refractivity contribution in [2.75, 3.05) is 18.4 Å². The number of benzene rings is 1. The largest absolute Gasteiger partial charge is 0.335 e. The number of carbonyl (C=O) groups is 1. The van der Waals surface area contributed by atoms with Crippen LogP contribution in [-0.2, 0) is 10.0 Å². The number of aromatic amines is 1. The highest BCUT2D eigenvalue weighted by atomic mass is 32.2. The number of rotatable bonds is 5. The average Bonchev–Trinajstić information content (AvgIpc) is 3.41. The van der Waals surface area contributed by atoms with E-state index in [1.165, 1.54) is 28.2 Å². The number of amides is 1. The molecule has 1 fully saturated rings. The van der Waals surface area contributed by atoms with Crippen molar-refractivity contribution in [3.63, 3.8) is 0 Å². The number of para-hydroxylation sites is 1. The topological polar surface area (TPSA) is 121 Å². The summed E-state index contributed by atoms with van der Waals surface area (Å²) in [6, 6.07) is 9.15. The van der Waals surface area contributed by atoms with Gasteiger partial charge in [-0.05, 0) is 25.0 Å². The molecule has 11 heteroatoms. The van der Waals surface area contributed by atoms with Gasteiger partial charge in [0, 0.05) is 24.7 Å². The van der Waals surface area contributed by atoms with Gasteiger partial charge in [-0.25, -0.2) is 13.4 Å². The van der Waals surface area contributed by atoms with Gasteiger partial charge >= 0.3 is 0 Å². The molecule has 3 aromatic rings. The predicted molar refractivity (Wildman–Crippen MR) is 104 cm³/mol. The molecule has 0 unspecified atom stereocenters. The number of anilines is 1. The fourth-order valence-corrected chi connectivity index (χ4v) is 5.34. The Morgan fingerprint density at radius 3 is 2.61 bits per heavy atom. The summed E-state index contributed by atoms with van der Waals surface area (Å²) in [4.78, 5) is 18.8. The van der Waals surface area contributed by atoms with Crippen LogP contribution in [-0.4, -0.2) is 51.9 Å². The Balaban J connectivity index is 1.39. The third-order valence-electron chi connectivity index (χ3n) is 4.56. The van der Waals surface area contributed by atoms with Gasteiger partial charge in [-0.2, -0.15) is 4.31 Å². The molecule has 0 radical (unpaired) electrons. The summed E-state index contributed by atoms with van der Waals surface area (Å²) < 4.78 is 26.5. The van der Waals surface area contributed by atoms with E-state index >= 15 is 0 Å². The van der Waals surface area contributed by atoms with Crippen molar-refractivity contribution in [3.05, 3.63) is 52.9 Å². The maximum absolute atomic E-state index is 12.5. The molecule has 2 aromatic heterocycles. The Morgan fingerprint density at radius 2 is 1.93 bits per heavy atom. The Hall–Kier alpha value is -2.63. The normalized spacial score (nSPS) is 16.1. The van der Waals surface area contributed by atoms with Gasteiger partial charge in [-0.1, -0.05) is 29.5 Å². The van der Waals surface area contributed by atoms with E-state index in [0.717, 1.165) is 5.01 Å². The molecule has 0 aliphatic carbocycles. The lowest BCUT2D eigenvalue weighted by atomic mass is 9.99. The zero-order valence-electron chi connectivity index (χ0n) is 14.8. The lowest BCUT2D eigenvalue weighted by Gasteiger charge is -2.29. The summed E-state index contributed by atoms with van der Waals surface area (Å²) in [7, 11) is -3.55. The van der Waals surface area contributed by atoms with Crippen LogP contribution in [0.5, 0.6) is 0 Å². The Bertz CT molecular complexity index is 1040. The zero-order valence-corrected chi connectivity index (χ0v) is 16.4. The number of carbonyl (C=O) groups excluding carboxylic acids is 1. The molecule has 1 amide bonds. The van der Waals surface area contributed by atoms with Crippen LogP contribution >= 0.6 is 11.3 Å². The number of aromatic nitrogens is 4. The summed E-state index contributed by atoms with van der Waals surface area (Å²) in [5, 5.41) is 12.1. The molecular weight excluding hydrogens is 400 g/mol. The van der Waals surface area contributed by atoms with Gasteiger partial charge in [-0.3, -0.25) is 4.79 Å². The molecule has 1 aromatic carbocycles. The second-order valence-electron chi connectivity index (χ2n) is 6.36. The molecule has 0 bridgehead atoms. The molecule has 28 heavy (non-hydrogen) atoms. The maximum atomic E-state index is 12.5.